The summed E-state index contributed by atoms with van der Waals surface area (Å²) in [4.78, 5) is 34.3. The molecule has 132 valence electrons. The zero-order valence-electron chi connectivity index (χ0n) is 13.2. The van der Waals surface area contributed by atoms with Crippen LogP contribution in [-0.2, 0) is 19.1 Å². The van der Waals surface area contributed by atoms with Crippen molar-refractivity contribution in [3.05, 3.63) is 28.5 Å². The second-order valence-electron chi connectivity index (χ2n) is 5.02. The van der Waals surface area contributed by atoms with Gasteiger partial charge in [-0.3, -0.25) is 9.59 Å². The summed E-state index contributed by atoms with van der Waals surface area (Å²) in [5, 5.41) is 4.91. The van der Waals surface area contributed by atoms with Gasteiger partial charge in [-0.15, -0.1) is 0 Å². The molecule has 0 aliphatic carbocycles. The maximum atomic E-state index is 12.9. The average Bonchev–Trinajstić information content (AvgIpc) is 2.49. The Labute approximate surface area is 147 Å². The van der Waals surface area contributed by atoms with Crippen LogP contribution in [0, 0.1) is 5.82 Å². The third-order valence-electron chi connectivity index (χ3n) is 2.50. The molecule has 0 radical (unpaired) electrons. The number of nitrogens with one attached hydrogen (secondary N) is 2. The van der Waals surface area contributed by atoms with E-state index in [1.165, 1.54) is 18.2 Å². The summed E-state index contributed by atoms with van der Waals surface area (Å²) in [6.45, 7) is 2.42. The van der Waals surface area contributed by atoms with E-state index in [-0.39, 0.29) is 24.2 Å². The Morgan fingerprint density at radius 2 is 1.92 bits per heavy atom. The van der Waals surface area contributed by atoms with Gasteiger partial charge in [0.05, 0.1) is 11.0 Å². The van der Waals surface area contributed by atoms with Crippen LogP contribution in [0.5, 0.6) is 5.75 Å². The number of carbonyl (C=O) groups excluding carboxylic acids is 3. The molecule has 0 aliphatic heterocycles. The second kappa shape index (κ2) is 9.86. The molecule has 0 aliphatic rings. The first-order valence-corrected chi connectivity index (χ1v) is 7.86. The summed E-state index contributed by atoms with van der Waals surface area (Å²) in [7, 11) is 0. The lowest BCUT2D eigenvalue weighted by molar-refractivity contribution is -0.150. The third-order valence-corrected chi connectivity index (χ3v) is 3.12. The number of hydrogen-bond acceptors (Lipinski definition) is 5. The van der Waals surface area contributed by atoms with Gasteiger partial charge in [0.25, 0.3) is 5.91 Å². The van der Waals surface area contributed by atoms with Gasteiger partial charge in [-0.25, -0.2) is 9.18 Å². The summed E-state index contributed by atoms with van der Waals surface area (Å²) in [5.41, 5.74) is 0. The zero-order chi connectivity index (χ0) is 18.1. The normalized spacial score (nSPS) is 10.2. The molecule has 1 aromatic carbocycles. The fraction of sp³-hybridized carbons (Fsp3) is 0.400. The van der Waals surface area contributed by atoms with Crippen molar-refractivity contribution in [1.82, 2.24) is 10.6 Å². The summed E-state index contributed by atoms with van der Waals surface area (Å²) >= 11 is 3.09. The van der Waals surface area contributed by atoms with Crippen LogP contribution in [0.1, 0.15) is 13.8 Å². The van der Waals surface area contributed by atoms with Crippen LogP contribution < -0.4 is 15.4 Å². The van der Waals surface area contributed by atoms with Crippen molar-refractivity contribution < 1.29 is 28.2 Å². The number of rotatable bonds is 8. The minimum atomic E-state index is -0.770. The summed E-state index contributed by atoms with van der Waals surface area (Å²) in [5.74, 6) is -1.90. The first kappa shape index (κ1) is 19.9. The molecule has 2 N–H and O–H groups in total. The number of carbonyl (C=O) groups is 3. The highest BCUT2D eigenvalue weighted by molar-refractivity contribution is 9.10. The third kappa shape index (κ3) is 7.91. The molecule has 2 amide bonds. The van der Waals surface area contributed by atoms with E-state index in [2.05, 4.69) is 26.6 Å². The van der Waals surface area contributed by atoms with Crippen molar-refractivity contribution in [3.8, 4) is 5.75 Å². The molecular formula is C15H18BrFN2O5. The summed E-state index contributed by atoms with van der Waals surface area (Å²) in [6, 6.07) is 3.69. The number of ether oxygens (including phenoxy) is 2. The predicted molar refractivity (Wildman–Crippen MR) is 86.8 cm³/mol. The first-order chi connectivity index (χ1) is 11.3. The number of esters is 1. The Bertz CT molecular complexity index is 610. The van der Waals surface area contributed by atoms with Gasteiger partial charge >= 0.3 is 5.97 Å². The number of hydrogen-bond donors (Lipinski definition) is 2. The lowest BCUT2D eigenvalue weighted by Gasteiger charge is -2.10. The number of halogens is 2. The lowest BCUT2D eigenvalue weighted by Crippen LogP contribution is -2.41. The van der Waals surface area contributed by atoms with Crippen molar-refractivity contribution in [1.29, 1.82) is 0 Å². The monoisotopic (exact) mass is 404 g/mol. The Morgan fingerprint density at radius 1 is 1.21 bits per heavy atom. The maximum absolute atomic E-state index is 12.9. The SMILES string of the molecule is CC(C)NC(=O)CNC(=O)COC(=O)COc1ccc(F)cc1Br. The average molecular weight is 405 g/mol. The Kier molecular flexibility index (Phi) is 8.17. The van der Waals surface area contributed by atoms with Gasteiger partial charge in [0.1, 0.15) is 11.6 Å². The van der Waals surface area contributed by atoms with Crippen molar-refractivity contribution in [3.63, 3.8) is 0 Å². The predicted octanol–water partition coefficient (Wildman–Crippen LogP) is 1.15. The number of benzene rings is 1. The molecule has 0 fully saturated rings. The molecule has 0 atom stereocenters. The van der Waals surface area contributed by atoms with Crippen molar-refractivity contribution in [2.24, 2.45) is 0 Å². The van der Waals surface area contributed by atoms with E-state index >= 15 is 0 Å². The Morgan fingerprint density at radius 3 is 2.54 bits per heavy atom. The number of amides is 2. The molecule has 0 heterocycles. The van der Waals surface area contributed by atoms with Gasteiger partial charge in [0, 0.05) is 6.04 Å². The van der Waals surface area contributed by atoms with Crippen LogP contribution in [-0.4, -0.2) is 43.6 Å². The van der Waals surface area contributed by atoms with Crippen molar-refractivity contribution >= 4 is 33.7 Å². The fourth-order valence-corrected chi connectivity index (χ4v) is 1.98. The van der Waals surface area contributed by atoms with Gasteiger partial charge in [-0.2, -0.15) is 0 Å². The molecule has 24 heavy (non-hydrogen) atoms. The quantitative estimate of drug-likeness (QED) is 0.633. The molecule has 1 rings (SSSR count). The maximum Gasteiger partial charge on any atom is 0.344 e. The molecule has 0 aromatic heterocycles. The molecule has 0 saturated heterocycles. The van der Waals surface area contributed by atoms with Gasteiger partial charge in [0.2, 0.25) is 5.91 Å². The van der Waals surface area contributed by atoms with Crippen LogP contribution >= 0.6 is 15.9 Å². The van der Waals surface area contributed by atoms with Crippen LogP contribution in [0.2, 0.25) is 0 Å². The first-order valence-electron chi connectivity index (χ1n) is 7.07. The van der Waals surface area contributed by atoms with E-state index in [0.29, 0.717) is 4.47 Å². The van der Waals surface area contributed by atoms with Crippen LogP contribution in [0.4, 0.5) is 4.39 Å². The van der Waals surface area contributed by atoms with E-state index in [9.17, 15) is 18.8 Å². The molecule has 0 spiro atoms. The molecule has 9 heteroatoms. The van der Waals surface area contributed by atoms with E-state index in [4.69, 9.17) is 9.47 Å². The highest BCUT2D eigenvalue weighted by atomic mass is 79.9. The van der Waals surface area contributed by atoms with Crippen LogP contribution in [0.25, 0.3) is 0 Å². The Balaban J connectivity index is 2.25. The highest BCUT2D eigenvalue weighted by Crippen LogP contribution is 2.25. The fourth-order valence-electron chi connectivity index (χ4n) is 1.52. The molecule has 0 saturated carbocycles. The minimum absolute atomic E-state index is 0.0323. The zero-order valence-corrected chi connectivity index (χ0v) is 14.8. The highest BCUT2D eigenvalue weighted by Gasteiger charge is 2.11. The van der Waals surface area contributed by atoms with Gasteiger partial charge in [0.15, 0.2) is 13.2 Å². The smallest absolute Gasteiger partial charge is 0.344 e. The van der Waals surface area contributed by atoms with Crippen molar-refractivity contribution in [2.45, 2.75) is 19.9 Å². The topological polar surface area (TPSA) is 93.7 Å². The minimum Gasteiger partial charge on any atom is -0.481 e. The van der Waals surface area contributed by atoms with Crippen LogP contribution in [0.15, 0.2) is 22.7 Å². The van der Waals surface area contributed by atoms with Crippen LogP contribution in [0.3, 0.4) is 0 Å². The van der Waals surface area contributed by atoms with Gasteiger partial charge in [-0.1, -0.05) is 0 Å². The van der Waals surface area contributed by atoms with E-state index < -0.39 is 30.9 Å². The summed E-state index contributed by atoms with van der Waals surface area (Å²) in [6.07, 6.45) is 0. The lowest BCUT2D eigenvalue weighted by atomic mass is 10.3. The van der Waals surface area contributed by atoms with E-state index in [0.717, 1.165) is 0 Å². The van der Waals surface area contributed by atoms with Gasteiger partial charge < -0.3 is 20.1 Å². The van der Waals surface area contributed by atoms with Gasteiger partial charge in [-0.05, 0) is 48.0 Å². The molecule has 1 aromatic rings. The van der Waals surface area contributed by atoms with E-state index in [1.54, 1.807) is 13.8 Å². The molecule has 0 bridgehead atoms. The Hall–Kier alpha value is -2.16. The molecular weight excluding hydrogens is 387 g/mol. The summed E-state index contributed by atoms with van der Waals surface area (Å²) < 4.78 is 23.1. The van der Waals surface area contributed by atoms with E-state index in [1.807, 2.05) is 0 Å². The standard InChI is InChI=1S/C15H18BrFN2O5/c1-9(2)19-13(20)6-18-14(21)7-24-15(22)8-23-12-4-3-10(17)5-11(12)16/h3-5,9H,6-8H2,1-2H3,(H,18,21)(H,19,20). The largest absolute Gasteiger partial charge is 0.481 e. The molecule has 0 unspecified atom stereocenters. The second-order valence-corrected chi connectivity index (χ2v) is 5.88. The van der Waals surface area contributed by atoms with Crippen molar-refractivity contribution in [2.75, 3.05) is 19.8 Å². The molecule has 7 nitrogen and oxygen atoms in total.